The highest BCUT2D eigenvalue weighted by Gasteiger charge is 2.49. The molecule has 1 heterocycles. The molecule has 1 aliphatic heterocycles. The first-order valence-electron chi connectivity index (χ1n) is 8.22. The zero-order chi connectivity index (χ0) is 17.3. The van der Waals surface area contributed by atoms with Crippen molar-refractivity contribution in [2.75, 3.05) is 6.54 Å². The summed E-state index contributed by atoms with van der Waals surface area (Å²) in [7, 11) is 0. The van der Waals surface area contributed by atoms with Gasteiger partial charge in [-0.05, 0) is 26.3 Å². The molecule has 124 valence electrons. The number of piperidine rings is 1. The molecule has 3 atom stereocenters. The normalized spacial score (nSPS) is 28.9. The smallest absolute Gasteiger partial charge is 0.303 e. The molecule has 0 radical (unpaired) electrons. The third-order valence-electron chi connectivity index (χ3n) is 5.06. The molecule has 0 spiro atoms. The standard InChI is InChI=1S/C20H27NO2/c1-7-19(5,6)21-14-15(2)20(13-16(21)3,23-17(4)22)18-11-9-8-10-12-18/h1,8-12,15-16H,13-14H2,2-6H3. The van der Waals surface area contributed by atoms with Crippen LogP contribution < -0.4 is 0 Å². The van der Waals surface area contributed by atoms with Crippen molar-refractivity contribution in [3.63, 3.8) is 0 Å². The van der Waals surface area contributed by atoms with Crippen LogP contribution in [0.1, 0.15) is 46.6 Å². The van der Waals surface area contributed by atoms with Gasteiger partial charge in [0, 0.05) is 31.8 Å². The molecule has 0 aliphatic carbocycles. The Hall–Kier alpha value is -1.79. The molecular weight excluding hydrogens is 286 g/mol. The first kappa shape index (κ1) is 17.6. The van der Waals surface area contributed by atoms with Gasteiger partial charge in [0.15, 0.2) is 0 Å². The first-order chi connectivity index (χ1) is 10.7. The Labute approximate surface area is 140 Å². The quantitative estimate of drug-likeness (QED) is 0.631. The van der Waals surface area contributed by atoms with Gasteiger partial charge in [0.25, 0.3) is 0 Å². The molecule has 0 amide bonds. The fraction of sp³-hybridized carbons (Fsp3) is 0.550. The number of likely N-dealkylation sites (tertiary alicyclic amines) is 1. The lowest BCUT2D eigenvalue weighted by Crippen LogP contribution is -2.60. The maximum atomic E-state index is 11.8. The highest BCUT2D eigenvalue weighted by Crippen LogP contribution is 2.44. The molecule has 1 aromatic carbocycles. The lowest BCUT2D eigenvalue weighted by Gasteiger charge is -2.52. The van der Waals surface area contributed by atoms with E-state index in [1.165, 1.54) is 6.92 Å². The van der Waals surface area contributed by atoms with Crippen LogP contribution in [-0.2, 0) is 15.1 Å². The molecule has 0 N–H and O–H groups in total. The Bertz CT molecular complexity index is 602. The van der Waals surface area contributed by atoms with E-state index in [0.29, 0.717) is 0 Å². The Balaban J connectivity index is 2.43. The van der Waals surface area contributed by atoms with E-state index in [1.807, 2.05) is 30.3 Å². The number of terminal acetylenes is 1. The zero-order valence-electron chi connectivity index (χ0n) is 14.8. The molecule has 0 aromatic heterocycles. The second-order valence-corrected chi connectivity index (χ2v) is 7.16. The van der Waals surface area contributed by atoms with Crippen LogP contribution in [0.15, 0.2) is 30.3 Å². The van der Waals surface area contributed by atoms with E-state index in [-0.39, 0.29) is 23.5 Å². The van der Waals surface area contributed by atoms with Gasteiger partial charge < -0.3 is 4.74 Å². The number of benzene rings is 1. The highest BCUT2D eigenvalue weighted by molar-refractivity contribution is 5.67. The van der Waals surface area contributed by atoms with Crippen LogP contribution in [0, 0.1) is 18.3 Å². The summed E-state index contributed by atoms with van der Waals surface area (Å²) in [6.07, 6.45) is 6.47. The predicted octanol–water partition coefficient (Wildman–Crippen LogP) is 3.59. The second kappa shape index (κ2) is 6.37. The fourth-order valence-electron chi connectivity index (χ4n) is 3.82. The average molecular weight is 313 g/mol. The van der Waals surface area contributed by atoms with Crippen molar-refractivity contribution in [3.8, 4) is 12.3 Å². The van der Waals surface area contributed by atoms with Crippen LogP contribution >= 0.6 is 0 Å². The van der Waals surface area contributed by atoms with E-state index < -0.39 is 5.60 Å². The molecule has 2 rings (SSSR count). The predicted molar refractivity (Wildman–Crippen MR) is 92.7 cm³/mol. The molecule has 1 aliphatic rings. The molecule has 23 heavy (non-hydrogen) atoms. The van der Waals surface area contributed by atoms with Gasteiger partial charge in [0.1, 0.15) is 5.60 Å². The summed E-state index contributed by atoms with van der Waals surface area (Å²) in [4.78, 5) is 14.1. The van der Waals surface area contributed by atoms with Crippen molar-refractivity contribution < 1.29 is 9.53 Å². The van der Waals surface area contributed by atoms with Crippen molar-refractivity contribution in [1.82, 2.24) is 4.90 Å². The Morgan fingerprint density at radius 3 is 2.48 bits per heavy atom. The lowest BCUT2D eigenvalue weighted by molar-refractivity contribution is -0.179. The average Bonchev–Trinajstić information content (AvgIpc) is 2.50. The summed E-state index contributed by atoms with van der Waals surface area (Å²) in [6.45, 7) is 10.7. The van der Waals surface area contributed by atoms with Crippen LogP contribution in [0.3, 0.4) is 0 Å². The van der Waals surface area contributed by atoms with Crippen LogP contribution in [0.25, 0.3) is 0 Å². The molecule has 3 heteroatoms. The van der Waals surface area contributed by atoms with Crippen molar-refractivity contribution >= 4 is 5.97 Å². The maximum absolute atomic E-state index is 11.8. The number of rotatable bonds is 3. The maximum Gasteiger partial charge on any atom is 0.303 e. The third-order valence-corrected chi connectivity index (χ3v) is 5.06. The molecule has 3 unspecified atom stereocenters. The molecule has 0 saturated carbocycles. The molecule has 3 nitrogen and oxygen atoms in total. The Kier molecular flexibility index (Phi) is 4.87. The van der Waals surface area contributed by atoms with E-state index in [9.17, 15) is 4.79 Å². The second-order valence-electron chi connectivity index (χ2n) is 7.16. The summed E-state index contributed by atoms with van der Waals surface area (Å²) in [5.41, 5.74) is 0.160. The monoisotopic (exact) mass is 313 g/mol. The van der Waals surface area contributed by atoms with Crippen LogP contribution in [0.5, 0.6) is 0 Å². The number of ether oxygens (including phenoxy) is 1. The number of esters is 1. The minimum Gasteiger partial charge on any atom is -0.454 e. The first-order valence-corrected chi connectivity index (χ1v) is 8.22. The van der Waals surface area contributed by atoms with E-state index in [0.717, 1.165) is 18.5 Å². The van der Waals surface area contributed by atoms with Gasteiger partial charge in [-0.3, -0.25) is 9.69 Å². The summed E-state index contributed by atoms with van der Waals surface area (Å²) >= 11 is 0. The molecule has 0 bridgehead atoms. The van der Waals surface area contributed by atoms with E-state index in [2.05, 4.69) is 38.5 Å². The number of carbonyl (C=O) groups excluding carboxylic acids is 1. The van der Waals surface area contributed by atoms with Gasteiger partial charge in [0.2, 0.25) is 0 Å². The van der Waals surface area contributed by atoms with Crippen molar-refractivity contribution in [1.29, 1.82) is 0 Å². The highest BCUT2D eigenvalue weighted by atomic mass is 16.6. The molecule has 1 fully saturated rings. The minimum atomic E-state index is -0.590. The minimum absolute atomic E-state index is 0.151. The van der Waals surface area contributed by atoms with E-state index >= 15 is 0 Å². The topological polar surface area (TPSA) is 29.5 Å². The van der Waals surface area contributed by atoms with Crippen LogP contribution in [-0.4, -0.2) is 29.0 Å². The van der Waals surface area contributed by atoms with E-state index in [1.54, 1.807) is 0 Å². The number of hydrogen-bond donors (Lipinski definition) is 0. The summed E-state index contributed by atoms with van der Waals surface area (Å²) < 4.78 is 5.92. The SMILES string of the molecule is C#CC(C)(C)N1CC(C)C(OC(C)=O)(c2ccccc2)CC1C. The van der Waals surface area contributed by atoms with Gasteiger partial charge in [0.05, 0.1) is 5.54 Å². The molecular formula is C20H27NO2. The van der Waals surface area contributed by atoms with Crippen LogP contribution in [0.4, 0.5) is 0 Å². The van der Waals surface area contributed by atoms with Gasteiger partial charge in [-0.25, -0.2) is 0 Å². The summed E-state index contributed by atoms with van der Waals surface area (Å²) in [6, 6.07) is 10.3. The lowest BCUT2D eigenvalue weighted by atomic mass is 9.73. The zero-order valence-corrected chi connectivity index (χ0v) is 14.8. The van der Waals surface area contributed by atoms with Gasteiger partial charge in [-0.2, -0.15) is 0 Å². The summed E-state index contributed by atoms with van der Waals surface area (Å²) in [5.74, 6) is 2.80. The largest absolute Gasteiger partial charge is 0.454 e. The van der Waals surface area contributed by atoms with E-state index in [4.69, 9.17) is 11.2 Å². The summed E-state index contributed by atoms with van der Waals surface area (Å²) in [5, 5.41) is 0. The van der Waals surface area contributed by atoms with Gasteiger partial charge in [-0.15, -0.1) is 6.42 Å². The Morgan fingerprint density at radius 1 is 1.35 bits per heavy atom. The molecule has 1 aromatic rings. The molecule has 1 saturated heterocycles. The van der Waals surface area contributed by atoms with Crippen molar-refractivity contribution in [2.24, 2.45) is 5.92 Å². The fourth-order valence-corrected chi connectivity index (χ4v) is 3.82. The van der Waals surface area contributed by atoms with Crippen molar-refractivity contribution in [2.45, 2.75) is 58.2 Å². The number of carbonyl (C=O) groups is 1. The third kappa shape index (κ3) is 3.28. The van der Waals surface area contributed by atoms with Crippen molar-refractivity contribution in [3.05, 3.63) is 35.9 Å². The van der Waals surface area contributed by atoms with Gasteiger partial charge >= 0.3 is 5.97 Å². The number of hydrogen-bond acceptors (Lipinski definition) is 3. The van der Waals surface area contributed by atoms with Gasteiger partial charge in [-0.1, -0.05) is 43.2 Å². The number of nitrogens with zero attached hydrogens (tertiary/aromatic N) is 1. The Morgan fingerprint density at radius 2 is 1.96 bits per heavy atom. The van der Waals surface area contributed by atoms with Crippen LogP contribution in [0.2, 0.25) is 0 Å².